The summed E-state index contributed by atoms with van der Waals surface area (Å²) in [5.74, 6) is 1.42. The highest BCUT2D eigenvalue weighted by Gasteiger charge is 2.25. The Morgan fingerprint density at radius 3 is 2.12 bits per heavy atom. The summed E-state index contributed by atoms with van der Waals surface area (Å²) in [6.07, 6.45) is 6.71. The van der Waals surface area contributed by atoms with Gasteiger partial charge in [0.1, 0.15) is 11.4 Å². The number of likely N-dealkylation sites (tertiary alicyclic amines) is 1. The molecule has 1 heterocycles. The minimum atomic E-state index is -1.13. The second-order valence-electron chi connectivity index (χ2n) is 10.3. The molecule has 5 heteroatoms. The predicted molar refractivity (Wildman–Crippen MR) is 131 cm³/mol. The molecular formula is C28H37FN2O2. The van der Waals surface area contributed by atoms with E-state index in [2.05, 4.69) is 22.3 Å². The quantitative estimate of drug-likeness (QED) is 0.545. The summed E-state index contributed by atoms with van der Waals surface area (Å²) < 4.78 is 19.9. The predicted octanol–water partition coefficient (Wildman–Crippen LogP) is 5.86. The Balaban J connectivity index is 1.24. The SMILES string of the molecule is CC(C)(F)CN1CCC(COc2ccc(-c3ccc(C(=O)NC4CCCC4)cc3)cc2)CC1. The zero-order valence-electron chi connectivity index (χ0n) is 20.0. The van der Waals surface area contributed by atoms with Gasteiger partial charge in [-0.25, -0.2) is 4.39 Å². The smallest absolute Gasteiger partial charge is 0.251 e. The lowest BCUT2D eigenvalue weighted by atomic mass is 9.97. The Kier molecular flexibility index (Phi) is 7.69. The van der Waals surface area contributed by atoms with E-state index in [4.69, 9.17) is 4.74 Å². The van der Waals surface area contributed by atoms with Crippen LogP contribution in [0.25, 0.3) is 11.1 Å². The molecule has 1 aliphatic heterocycles. The molecule has 2 aromatic carbocycles. The first kappa shape index (κ1) is 23.7. The molecule has 1 N–H and O–H groups in total. The van der Waals surface area contributed by atoms with Crippen LogP contribution in [0, 0.1) is 5.92 Å². The molecule has 1 saturated carbocycles. The van der Waals surface area contributed by atoms with Gasteiger partial charge in [-0.05, 0) is 93.9 Å². The van der Waals surface area contributed by atoms with Gasteiger partial charge in [0.15, 0.2) is 0 Å². The lowest BCUT2D eigenvalue weighted by Crippen LogP contribution is -2.41. The maximum Gasteiger partial charge on any atom is 0.251 e. The van der Waals surface area contributed by atoms with Crippen LogP contribution in [0.5, 0.6) is 5.75 Å². The Bertz CT molecular complexity index is 891. The van der Waals surface area contributed by atoms with Gasteiger partial charge in [-0.15, -0.1) is 0 Å². The van der Waals surface area contributed by atoms with Crippen molar-refractivity contribution in [3.63, 3.8) is 0 Å². The van der Waals surface area contributed by atoms with Crippen LogP contribution in [0.1, 0.15) is 62.7 Å². The van der Waals surface area contributed by atoms with Crippen LogP contribution in [-0.4, -0.2) is 48.8 Å². The van der Waals surface area contributed by atoms with E-state index in [0.717, 1.165) is 55.6 Å². The highest BCUT2D eigenvalue weighted by Crippen LogP contribution is 2.25. The van der Waals surface area contributed by atoms with E-state index in [1.165, 1.54) is 12.8 Å². The molecule has 2 fully saturated rings. The number of alkyl halides is 1. The maximum absolute atomic E-state index is 13.8. The van der Waals surface area contributed by atoms with Crippen molar-refractivity contribution < 1.29 is 13.9 Å². The number of ether oxygens (including phenoxy) is 1. The van der Waals surface area contributed by atoms with Crippen molar-refractivity contribution in [3.8, 4) is 16.9 Å². The summed E-state index contributed by atoms with van der Waals surface area (Å²) in [6.45, 7) is 6.39. The molecular weight excluding hydrogens is 415 g/mol. The number of piperidine rings is 1. The van der Waals surface area contributed by atoms with Crippen LogP contribution in [0.15, 0.2) is 48.5 Å². The van der Waals surface area contributed by atoms with E-state index in [1.54, 1.807) is 13.8 Å². The second-order valence-corrected chi connectivity index (χ2v) is 10.3. The van der Waals surface area contributed by atoms with Crippen molar-refractivity contribution in [2.75, 3.05) is 26.2 Å². The fraction of sp³-hybridized carbons (Fsp3) is 0.536. The molecule has 2 aliphatic rings. The zero-order chi connectivity index (χ0) is 23.3. The minimum absolute atomic E-state index is 0.0245. The third kappa shape index (κ3) is 7.04. The van der Waals surface area contributed by atoms with Gasteiger partial charge in [0, 0.05) is 18.2 Å². The van der Waals surface area contributed by atoms with E-state index in [9.17, 15) is 9.18 Å². The molecule has 0 spiro atoms. The molecule has 0 aromatic heterocycles. The summed E-state index contributed by atoms with van der Waals surface area (Å²) in [5.41, 5.74) is 1.77. The summed E-state index contributed by atoms with van der Waals surface area (Å²) in [7, 11) is 0. The third-order valence-corrected chi connectivity index (χ3v) is 6.82. The molecule has 1 saturated heterocycles. The van der Waals surface area contributed by atoms with Gasteiger partial charge in [0.05, 0.1) is 6.61 Å². The summed E-state index contributed by atoms with van der Waals surface area (Å²) in [4.78, 5) is 14.6. The van der Waals surface area contributed by atoms with Gasteiger partial charge >= 0.3 is 0 Å². The molecule has 0 unspecified atom stereocenters. The molecule has 33 heavy (non-hydrogen) atoms. The van der Waals surface area contributed by atoms with E-state index >= 15 is 0 Å². The van der Waals surface area contributed by atoms with Gasteiger partial charge < -0.3 is 15.0 Å². The van der Waals surface area contributed by atoms with Crippen molar-refractivity contribution in [2.45, 2.75) is 64.1 Å². The van der Waals surface area contributed by atoms with Gasteiger partial charge in [0.2, 0.25) is 0 Å². The average molecular weight is 453 g/mol. The molecule has 0 bridgehead atoms. The Morgan fingerprint density at radius 1 is 0.970 bits per heavy atom. The number of nitrogens with one attached hydrogen (secondary N) is 1. The average Bonchev–Trinajstić information content (AvgIpc) is 3.31. The van der Waals surface area contributed by atoms with Crippen LogP contribution in [0.4, 0.5) is 4.39 Å². The largest absolute Gasteiger partial charge is 0.493 e. The molecule has 0 atom stereocenters. The normalized spacial score (nSPS) is 18.4. The monoisotopic (exact) mass is 452 g/mol. The van der Waals surface area contributed by atoms with Gasteiger partial charge in [0.25, 0.3) is 5.91 Å². The highest BCUT2D eigenvalue weighted by molar-refractivity contribution is 5.94. The van der Waals surface area contributed by atoms with Gasteiger partial charge in [-0.1, -0.05) is 37.1 Å². The molecule has 1 amide bonds. The molecule has 1 aliphatic carbocycles. The number of carbonyl (C=O) groups is 1. The number of amides is 1. The first-order valence-corrected chi connectivity index (χ1v) is 12.4. The Morgan fingerprint density at radius 2 is 1.55 bits per heavy atom. The second kappa shape index (κ2) is 10.7. The molecule has 2 aromatic rings. The Labute approximate surface area is 197 Å². The topological polar surface area (TPSA) is 41.6 Å². The Hall–Kier alpha value is -2.40. The number of carbonyl (C=O) groups excluding carboxylic acids is 1. The summed E-state index contributed by atoms with van der Waals surface area (Å²) in [5, 5.41) is 3.14. The van der Waals surface area contributed by atoms with E-state index in [1.807, 2.05) is 36.4 Å². The minimum Gasteiger partial charge on any atom is -0.493 e. The van der Waals surface area contributed by atoms with Crippen LogP contribution in [0.2, 0.25) is 0 Å². The van der Waals surface area contributed by atoms with Crippen LogP contribution >= 0.6 is 0 Å². The lowest BCUT2D eigenvalue weighted by molar-refractivity contribution is 0.0836. The fourth-order valence-corrected chi connectivity index (χ4v) is 4.95. The first-order chi connectivity index (χ1) is 15.9. The summed E-state index contributed by atoms with van der Waals surface area (Å²) >= 11 is 0. The van der Waals surface area contributed by atoms with Gasteiger partial charge in [-0.3, -0.25) is 4.79 Å². The van der Waals surface area contributed by atoms with Crippen molar-refractivity contribution in [1.82, 2.24) is 10.2 Å². The molecule has 4 nitrogen and oxygen atoms in total. The molecule has 0 radical (unpaired) electrons. The maximum atomic E-state index is 13.8. The van der Waals surface area contributed by atoms with Crippen molar-refractivity contribution in [2.24, 2.45) is 5.92 Å². The van der Waals surface area contributed by atoms with Crippen molar-refractivity contribution in [3.05, 3.63) is 54.1 Å². The lowest BCUT2D eigenvalue weighted by Gasteiger charge is -2.34. The van der Waals surface area contributed by atoms with Crippen molar-refractivity contribution >= 4 is 5.91 Å². The zero-order valence-corrected chi connectivity index (χ0v) is 20.0. The first-order valence-electron chi connectivity index (χ1n) is 12.4. The third-order valence-electron chi connectivity index (χ3n) is 6.82. The fourth-order valence-electron chi connectivity index (χ4n) is 4.95. The van der Waals surface area contributed by atoms with E-state index in [0.29, 0.717) is 30.7 Å². The van der Waals surface area contributed by atoms with Crippen LogP contribution < -0.4 is 10.1 Å². The number of hydrogen-bond acceptors (Lipinski definition) is 3. The standard InChI is InChI=1S/C28H37FN2O2/c1-28(2,29)20-31-17-15-21(16-18-31)19-33-26-13-11-23(12-14-26)22-7-9-24(10-8-22)27(32)30-25-5-3-4-6-25/h7-14,21,25H,3-6,15-20H2,1-2H3,(H,30,32). The van der Waals surface area contributed by atoms with Crippen LogP contribution in [-0.2, 0) is 0 Å². The number of hydrogen-bond donors (Lipinski definition) is 1. The van der Waals surface area contributed by atoms with Gasteiger partial charge in [-0.2, -0.15) is 0 Å². The van der Waals surface area contributed by atoms with Crippen LogP contribution in [0.3, 0.4) is 0 Å². The van der Waals surface area contributed by atoms with E-state index < -0.39 is 5.67 Å². The number of rotatable bonds is 8. The molecule has 4 rings (SSSR count). The van der Waals surface area contributed by atoms with E-state index in [-0.39, 0.29) is 5.91 Å². The number of halogens is 1. The number of nitrogens with zero attached hydrogens (tertiary/aromatic N) is 1. The highest BCUT2D eigenvalue weighted by atomic mass is 19.1. The summed E-state index contributed by atoms with van der Waals surface area (Å²) in [6, 6.07) is 16.3. The molecule has 178 valence electrons. The van der Waals surface area contributed by atoms with Crippen molar-refractivity contribution in [1.29, 1.82) is 0 Å². The number of benzene rings is 2.